The Morgan fingerprint density at radius 2 is 1.82 bits per heavy atom. The Kier molecular flexibility index (Phi) is 6.88. The first-order valence-corrected chi connectivity index (χ1v) is 13.8. The molecule has 39 heavy (non-hydrogen) atoms. The summed E-state index contributed by atoms with van der Waals surface area (Å²) in [5, 5.41) is 19.8. The van der Waals surface area contributed by atoms with Crippen molar-refractivity contribution in [3.05, 3.63) is 83.0 Å². The second-order valence-corrected chi connectivity index (χ2v) is 10.8. The normalized spacial score (nSPS) is 19.0. The summed E-state index contributed by atoms with van der Waals surface area (Å²) in [6.45, 7) is 2.62. The molecule has 1 atom stereocenters. The summed E-state index contributed by atoms with van der Waals surface area (Å²) in [5.41, 5.74) is 9.02. The summed E-state index contributed by atoms with van der Waals surface area (Å²) in [6.07, 6.45) is 5.03. The van der Waals surface area contributed by atoms with Crippen LogP contribution in [0.1, 0.15) is 41.6 Å². The van der Waals surface area contributed by atoms with E-state index in [0.29, 0.717) is 49.0 Å². The number of halogens is 1. The molecule has 0 aliphatic carbocycles. The molecule has 6 rings (SSSR count). The van der Waals surface area contributed by atoms with Crippen molar-refractivity contribution in [1.29, 1.82) is 0 Å². The first kappa shape index (κ1) is 25.6. The van der Waals surface area contributed by atoms with E-state index in [0.717, 1.165) is 42.0 Å². The second-order valence-electron chi connectivity index (χ2n) is 10.4. The number of pyridine rings is 1. The van der Waals surface area contributed by atoms with E-state index in [4.69, 9.17) is 22.3 Å². The van der Waals surface area contributed by atoms with Gasteiger partial charge >= 0.3 is 0 Å². The van der Waals surface area contributed by atoms with Crippen LogP contribution in [0.3, 0.4) is 0 Å². The van der Waals surface area contributed by atoms with Crippen molar-refractivity contribution in [2.45, 2.75) is 37.3 Å². The van der Waals surface area contributed by atoms with Crippen LogP contribution in [0.25, 0.3) is 5.65 Å². The first-order valence-electron chi connectivity index (χ1n) is 13.4. The molecule has 2 aromatic heterocycles. The molecule has 0 radical (unpaired) electrons. The number of aliphatic hydroxyl groups is 1. The van der Waals surface area contributed by atoms with Gasteiger partial charge in [-0.05, 0) is 79.8 Å². The average molecular weight is 546 g/mol. The molecule has 9 nitrogen and oxygen atoms in total. The number of likely N-dealkylation sites (tertiary alicyclic amines) is 1. The number of nitrogens with two attached hydrogens (primary N) is 1. The minimum atomic E-state index is -0.875. The molecule has 202 valence electrons. The highest BCUT2D eigenvalue weighted by Gasteiger charge is 2.34. The largest absolute Gasteiger partial charge is 0.385 e. The Labute approximate surface area is 232 Å². The van der Waals surface area contributed by atoms with E-state index in [1.807, 2.05) is 71.8 Å². The van der Waals surface area contributed by atoms with Gasteiger partial charge in [0.15, 0.2) is 5.65 Å². The number of piperidine rings is 1. The Hall–Kier alpha value is -3.66. The van der Waals surface area contributed by atoms with Crippen molar-refractivity contribution < 1.29 is 9.90 Å². The monoisotopic (exact) mass is 545 g/mol. The molecular formula is C29H32ClN7O2. The van der Waals surface area contributed by atoms with Gasteiger partial charge in [-0.25, -0.2) is 4.52 Å². The molecule has 1 amide bonds. The maximum Gasteiger partial charge on any atom is 0.254 e. The number of fused-ring (bicyclic) bond motifs is 1. The number of amides is 1. The Balaban J connectivity index is 1.15. The summed E-state index contributed by atoms with van der Waals surface area (Å²) in [6, 6.07) is 19.0. The fraction of sp³-hybridized carbons (Fsp3) is 0.345. The molecular weight excluding hydrogens is 514 g/mol. The third-order valence-corrected chi connectivity index (χ3v) is 8.20. The van der Waals surface area contributed by atoms with E-state index in [1.54, 1.807) is 4.52 Å². The van der Waals surface area contributed by atoms with Crippen molar-refractivity contribution in [3.63, 3.8) is 0 Å². The second kappa shape index (κ2) is 10.5. The quantitative estimate of drug-likeness (QED) is 0.333. The summed E-state index contributed by atoms with van der Waals surface area (Å²) >= 11 is 6.03. The van der Waals surface area contributed by atoms with Crippen LogP contribution in [-0.4, -0.2) is 62.7 Å². The van der Waals surface area contributed by atoms with E-state index in [2.05, 4.69) is 15.3 Å². The molecule has 1 unspecified atom stereocenters. The number of nitrogens with one attached hydrogen (secondary N) is 1. The molecule has 0 spiro atoms. The lowest BCUT2D eigenvalue weighted by molar-refractivity contribution is 0.0118. The van der Waals surface area contributed by atoms with Crippen molar-refractivity contribution in [2.24, 2.45) is 5.73 Å². The molecule has 4 aromatic rings. The molecule has 4 N–H and O–H groups in total. The molecule has 0 bridgehead atoms. The lowest BCUT2D eigenvalue weighted by Crippen LogP contribution is -2.42. The third kappa shape index (κ3) is 5.05. The van der Waals surface area contributed by atoms with Gasteiger partial charge in [0.1, 0.15) is 0 Å². The third-order valence-electron chi connectivity index (χ3n) is 7.95. The number of carbonyl (C=O) groups excluding carboxylic acids is 1. The molecule has 2 fully saturated rings. The van der Waals surface area contributed by atoms with Crippen LogP contribution in [0.5, 0.6) is 0 Å². The van der Waals surface area contributed by atoms with Gasteiger partial charge in [0, 0.05) is 54.7 Å². The Morgan fingerprint density at radius 3 is 2.54 bits per heavy atom. The smallest absolute Gasteiger partial charge is 0.254 e. The van der Waals surface area contributed by atoms with Crippen molar-refractivity contribution >= 4 is 40.5 Å². The van der Waals surface area contributed by atoms with Gasteiger partial charge in [0.05, 0.1) is 11.3 Å². The van der Waals surface area contributed by atoms with Crippen LogP contribution in [0.15, 0.2) is 66.9 Å². The highest BCUT2D eigenvalue weighted by atomic mass is 35.5. The molecule has 0 saturated carbocycles. The summed E-state index contributed by atoms with van der Waals surface area (Å²) in [5.74, 6) is 0.494. The van der Waals surface area contributed by atoms with E-state index in [1.165, 1.54) is 0 Å². The summed E-state index contributed by atoms with van der Waals surface area (Å²) < 4.78 is 1.76. The number of aromatic nitrogens is 3. The standard InChI is InChI=1S/C29H32ClN7O2/c30-22-9-7-21(8-10-22)29(39)13-17-35(18-14-29)25-4-2-16-37-26(25)33-28(34-37)32-23-11-5-20(6-12-23)27(38)36-15-1-3-24(36)19-31/h2,4-12,16,24,39H,1,3,13-15,17-19,31H2,(H,32,34). The summed E-state index contributed by atoms with van der Waals surface area (Å²) in [7, 11) is 0. The molecule has 2 aliphatic heterocycles. The highest BCUT2D eigenvalue weighted by molar-refractivity contribution is 6.30. The fourth-order valence-corrected chi connectivity index (χ4v) is 5.82. The van der Waals surface area contributed by atoms with Crippen LogP contribution in [-0.2, 0) is 5.60 Å². The van der Waals surface area contributed by atoms with Gasteiger partial charge in [0.25, 0.3) is 5.91 Å². The number of anilines is 3. The number of hydrogen-bond donors (Lipinski definition) is 3. The van der Waals surface area contributed by atoms with E-state index in [-0.39, 0.29) is 11.9 Å². The van der Waals surface area contributed by atoms with Crippen molar-refractivity contribution in [3.8, 4) is 0 Å². The van der Waals surface area contributed by atoms with Gasteiger partial charge < -0.3 is 26.0 Å². The predicted octanol–water partition coefficient (Wildman–Crippen LogP) is 4.18. The number of nitrogens with zero attached hydrogens (tertiary/aromatic N) is 5. The predicted molar refractivity (Wildman–Crippen MR) is 153 cm³/mol. The Morgan fingerprint density at radius 1 is 1.08 bits per heavy atom. The SMILES string of the molecule is NCC1CCCN1C(=O)c1ccc(Nc2nc3c(N4CCC(O)(c5ccc(Cl)cc5)CC4)cccn3n2)cc1. The zero-order chi connectivity index (χ0) is 27.0. The molecule has 2 aromatic carbocycles. The lowest BCUT2D eigenvalue weighted by atomic mass is 9.84. The van der Waals surface area contributed by atoms with E-state index < -0.39 is 5.60 Å². The van der Waals surface area contributed by atoms with Gasteiger partial charge in [-0.3, -0.25) is 4.79 Å². The maximum absolute atomic E-state index is 12.9. The highest BCUT2D eigenvalue weighted by Crippen LogP contribution is 2.36. The van der Waals surface area contributed by atoms with Gasteiger partial charge in [-0.2, -0.15) is 4.98 Å². The number of benzene rings is 2. The molecule has 2 aliphatic rings. The topological polar surface area (TPSA) is 112 Å². The van der Waals surface area contributed by atoms with E-state index >= 15 is 0 Å². The fourth-order valence-electron chi connectivity index (χ4n) is 5.70. The van der Waals surface area contributed by atoms with Crippen molar-refractivity contribution in [2.75, 3.05) is 36.4 Å². The van der Waals surface area contributed by atoms with Crippen LogP contribution < -0.4 is 16.0 Å². The first-order chi connectivity index (χ1) is 18.9. The zero-order valence-electron chi connectivity index (χ0n) is 21.6. The average Bonchev–Trinajstić information content (AvgIpc) is 3.60. The summed E-state index contributed by atoms with van der Waals surface area (Å²) in [4.78, 5) is 21.8. The van der Waals surface area contributed by atoms with Crippen LogP contribution in [0, 0.1) is 0 Å². The molecule has 2 saturated heterocycles. The minimum Gasteiger partial charge on any atom is -0.385 e. The molecule has 4 heterocycles. The zero-order valence-corrected chi connectivity index (χ0v) is 22.4. The lowest BCUT2D eigenvalue weighted by Gasteiger charge is -2.39. The Bertz CT molecular complexity index is 1460. The van der Waals surface area contributed by atoms with Crippen LogP contribution in [0.2, 0.25) is 5.02 Å². The van der Waals surface area contributed by atoms with Crippen LogP contribution >= 0.6 is 11.6 Å². The molecule has 10 heteroatoms. The number of rotatable bonds is 6. The van der Waals surface area contributed by atoms with Crippen molar-refractivity contribution in [1.82, 2.24) is 19.5 Å². The van der Waals surface area contributed by atoms with Gasteiger partial charge in [-0.1, -0.05) is 23.7 Å². The number of carbonyl (C=O) groups is 1. The number of hydrogen-bond acceptors (Lipinski definition) is 7. The van der Waals surface area contributed by atoms with Gasteiger partial charge in [0.2, 0.25) is 5.95 Å². The maximum atomic E-state index is 12.9. The minimum absolute atomic E-state index is 0.0227. The van der Waals surface area contributed by atoms with Gasteiger partial charge in [-0.15, -0.1) is 5.10 Å². The van der Waals surface area contributed by atoms with E-state index in [9.17, 15) is 9.90 Å². The van der Waals surface area contributed by atoms with Crippen LogP contribution in [0.4, 0.5) is 17.3 Å².